The van der Waals surface area contributed by atoms with E-state index in [2.05, 4.69) is 0 Å². The van der Waals surface area contributed by atoms with Gasteiger partial charge < -0.3 is 43.8 Å². The van der Waals surface area contributed by atoms with Crippen molar-refractivity contribution in [1.82, 2.24) is 0 Å². The summed E-state index contributed by atoms with van der Waals surface area (Å²) in [6.07, 6.45) is -9.44. The zero-order valence-electron chi connectivity index (χ0n) is 18.1. The summed E-state index contributed by atoms with van der Waals surface area (Å²) in [5.74, 6) is -1.57. The number of hydrogen-bond acceptors (Lipinski definition) is 10. The van der Waals surface area contributed by atoms with Gasteiger partial charge in [-0.1, -0.05) is 18.2 Å². The zero-order chi connectivity index (χ0) is 24.6. The van der Waals surface area contributed by atoms with E-state index in [9.17, 15) is 30.0 Å². The van der Waals surface area contributed by atoms with E-state index in [0.29, 0.717) is 5.75 Å². The number of aliphatic carboxylic acids is 1. The molecule has 1 aliphatic heterocycles. The summed E-state index contributed by atoms with van der Waals surface area (Å²) in [4.78, 5) is 24.9. The molecule has 2 heterocycles. The molecule has 1 saturated heterocycles. The first-order chi connectivity index (χ1) is 16.3. The minimum atomic E-state index is -1.92. The Balaban J connectivity index is 1.90. The van der Waals surface area contributed by atoms with Gasteiger partial charge in [-0.2, -0.15) is 0 Å². The van der Waals surface area contributed by atoms with Crippen molar-refractivity contribution in [3.63, 3.8) is 0 Å². The Kier molecular flexibility index (Phi) is 6.44. The monoisotopic (exact) mass is 474 g/mol. The largest absolute Gasteiger partial charge is 0.493 e. The number of methoxy groups -OCH3 is 2. The standard InChI is InChI=1S/C23H22O11/c1-30-13-9-5-7-11(18(13)31-2)19-20(14(24)10-6-3-4-8-12(10)32-19)33-23-17(27)15(25)16(26)21(34-23)22(28)29/h3-9,15-17,21,23,25-27H,1-2H3,(H,28,29). The molecule has 1 aliphatic rings. The first-order valence-corrected chi connectivity index (χ1v) is 10.1. The number of rotatable bonds is 6. The number of aliphatic hydroxyl groups is 3. The third kappa shape index (κ3) is 3.94. The molecule has 11 heteroatoms. The number of carboxylic acids is 1. The summed E-state index contributed by atoms with van der Waals surface area (Å²) >= 11 is 0. The van der Waals surface area contributed by atoms with E-state index < -0.39 is 47.9 Å². The number of ether oxygens (including phenoxy) is 4. The fraction of sp³-hybridized carbons (Fsp3) is 0.304. The normalized spacial score (nSPS) is 24.6. The van der Waals surface area contributed by atoms with Crippen molar-refractivity contribution in [2.24, 2.45) is 0 Å². The van der Waals surface area contributed by atoms with Gasteiger partial charge in [-0.05, 0) is 24.3 Å². The van der Waals surface area contributed by atoms with Crippen LogP contribution in [-0.4, -0.2) is 71.3 Å². The van der Waals surface area contributed by atoms with Crippen LogP contribution in [0.3, 0.4) is 0 Å². The lowest BCUT2D eigenvalue weighted by molar-refractivity contribution is -0.271. The van der Waals surface area contributed by atoms with Crippen LogP contribution in [0.25, 0.3) is 22.3 Å². The summed E-state index contributed by atoms with van der Waals surface area (Å²) in [6, 6.07) is 11.2. The van der Waals surface area contributed by atoms with Crippen LogP contribution < -0.4 is 19.6 Å². The summed E-state index contributed by atoms with van der Waals surface area (Å²) in [5.41, 5.74) is -0.158. The molecule has 4 rings (SSSR count). The third-order valence-corrected chi connectivity index (χ3v) is 5.45. The molecular weight excluding hydrogens is 452 g/mol. The van der Waals surface area contributed by atoms with Gasteiger partial charge in [0.25, 0.3) is 0 Å². The van der Waals surface area contributed by atoms with Gasteiger partial charge in [0, 0.05) is 0 Å². The van der Waals surface area contributed by atoms with Gasteiger partial charge in [0.2, 0.25) is 17.5 Å². The predicted molar refractivity (Wildman–Crippen MR) is 116 cm³/mol. The van der Waals surface area contributed by atoms with Gasteiger partial charge >= 0.3 is 5.97 Å². The van der Waals surface area contributed by atoms with E-state index in [-0.39, 0.29) is 28.0 Å². The quantitative estimate of drug-likeness (QED) is 0.398. The van der Waals surface area contributed by atoms with Crippen LogP contribution >= 0.6 is 0 Å². The number of carbonyl (C=O) groups is 1. The molecule has 0 bridgehead atoms. The van der Waals surface area contributed by atoms with E-state index >= 15 is 0 Å². The summed E-state index contributed by atoms with van der Waals surface area (Å²) in [7, 11) is 2.82. The third-order valence-electron chi connectivity index (χ3n) is 5.45. The Morgan fingerprint density at radius 2 is 1.65 bits per heavy atom. The Hall–Kier alpha value is -3.64. The van der Waals surface area contributed by atoms with Crippen LogP contribution in [0.2, 0.25) is 0 Å². The van der Waals surface area contributed by atoms with Gasteiger partial charge in [0.1, 0.15) is 23.9 Å². The van der Waals surface area contributed by atoms with Gasteiger partial charge in [0.05, 0.1) is 25.2 Å². The molecule has 0 saturated carbocycles. The van der Waals surface area contributed by atoms with E-state index in [1.54, 1.807) is 36.4 Å². The number of hydrogen-bond donors (Lipinski definition) is 4. The molecule has 0 radical (unpaired) electrons. The summed E-state index contributed by atoms with van der Waals surface area (Å²) in [6.45, 7) is 0. The molecule has 0 spiro atoms. The molecule has 2 aromatic carbocycles. The van der Waals surface area contributed by atoms with Gasteiger partial charge in [-0.3, -0.25) is 4.79 Å². The molecule has 5 unspecified atom stereocenters. The lowest BCUT2D eigenvalue weighted by Gasteiger charge is -2.38. The predicted octanol–water partition coefficient (Wildman–Crippen LogP) is 0.748. The minimum absolute atomic E-state index is 0.109. The fourth-order valence-corrected chi connectivity index (χ4v) is 3.74. The van der Waals surface area contributed by atoms with E-state index in [4.69, 9.17) is 23.4 Å². The number of benzene rings is 2. The zero-order valence-corrected chi connectivity index (χ0v) is 18.1. The lowest BCUT2D eigenvalue weighted by Crippen LogP contribution is -2.61. The average molecular weight is 474 g/mol. The maximum absolute atomic E-state index is 13.4. The smallest absolute Gasteiger partial charge is 0.335 e. The van der Waals surface area contributed by atoms with Crippen LogP contribution in [0.1, 0.15) is 0 Å². The lowest BCUT2D eigenvalue weighted by atomic mass is 9.99. The van der Waals surface area contributed by atoms with Crippen molar-refractivity contribution >= 4 is 16.9 Å². The Labute approximate surface area is 192 Å². The van der Waals surface area contributed by atoms with Gasteiger partial charge in [0.15, 0.2) is 23.4 Å². The van der Waals surface area contributed by atoms with Crippen LogP contribution in [0.15, 0.2) is 51.7 Å². The summed E-state index contributed by atoms with van der Waals surface area (Å²) in [5, 5.41) is 39.9. The Bertz CT molecular complexity index is 1270. The second kappa shape index (κ2) is 9.31. The van der Waals surface area contributed by atoms with Crippen molar-refractivity contribution in [2.45, 2.75) is 30.7 Å². The molecule has 0 aliphatic carbocycles. The van der Waals surface area contributed by atoms with Crippen LogP contribution in [0, 0.1) is 0 Å². The Morgan fingerprint density at radius 3 is 2.32 bits per heavy atom. The average Bonchev–Trinajstić information content (AvgIpc) is 2.84. The maximum Gasteiger partial charge on any atom is 0.335 e. The second-order valence-corrected chi connectivity index (χ2v) is 7.48. The molecule has 3 aromatic rings. The molecule has 1 fully saturated rings. The van der Waals surface area contributed by atoms with Crippen LogP contribution in [0.5, 0.6) is 17.2 Å². The SMILES string of the molecule is COc1cccc(-c2oc3ccccc3c(=O)c2OC2OC(C(=O)O)C(O)C(O)C2O)c1OC. The molecule has 34 heavy (non-hydrogen) atoms. The first kappa shape index (κ1) is 23.5. The number of para-hydroxylation sites is 2. The number of carboxylic acid groups (broad SMARTS) is 1. The molecule has 0 amide bonds. The molecule has 5 atom stereocenters. The van der Waals surface area contributed by atoms with Crippen molar-refractivity contribution in [3.8, 4) is 28.6 Å². The topological polar surface area (TPSA) is 165 Å². The number of aliphatic hydroxyl groups excluding tert-OH is 3. The Morgan fingerprint density at radius 1 is 0.912 bits per heavy atom. The van der Waals surface area contributed by atoms with E-state index in [1.165, 1.54) is 20.3 Å². The summed E-state index contributed by atoms with van der Waals surface area (Å²) < 4.78 is 27.6. The highest BCUT2D eigenvalue weighted by Crippen LogP contribution is 2.42. The first-order valence-electron chi connectivity index (χ1n) is 10.1. The molecular formula is C23H22O11. The molecule has 11 nitrogen and oxygen atoms in total. The highest BCUT2D eigenvalue weighted by atomic mass is 16.7. The van der Waals surface area contributed by atoms with Gasteiger partial charge in [-0.15, -0.1) is 0 Å². The molecule has 4 N–H and O–H groups in total. The van der Waals surface area contributed by atoms with Crippen LogP contribution in [0.4, 0.5) is 0 Å². The van der Waals surface area contributed by atoms with Crippen LogP contribution in [-0.2, 0) is 9.53 Å². The second-order valence-electron chi connectivity index (χ2n) is 7.48. The highest BCUT2D eigenvalue weighted by Gasteiger charge is 2.48. The highest BCUT2D eigenvalue weighted by molar-refractivity contribution is 5.84. The molecule has 1 aromatic heterocycles. The van der Waals surface area contributed by atoms with E-state index in [1.807, 2.05) is 0 Å². The van der Waals surface area contributed by atoms with E-state index in [0.717, 1.165) is 0 Å². The fourth-order valence-electron chi connectivity index (χ4n) is 3.74. The number of fused-ring (bicyclic) bond motifs is 1. The van der Waals surface area contributed by atoms with Crippen molar-refractivity contribution in [3.05, 3.63) is 52.7 Å². The van der Waals surface area contributed by atoms with Crippen molar-refractivity contribution in [1.29, 1.82) is 0 Å². The molecule has 180 valence electrons. The van der Waals surface area contributed by atoms with Crippen molar-refractivity contribution in [2.75, 3.05) is 14.2 Å². The van der Waals surface area contributed by atoms with Crippen molar-refractivity contribution < 1.29 is 48.6 Å². The maximum atomic E-state index is 13.4. The van der Waals surface area contributed by atoms with Gasteiger partial charge in [-0.25, -0.2) is 4.79 Å². The minimum Gasteiger partial charge on any atom is -0.493 e.